The van der Waals surface area contributed by atoms with Crippen LogP contribution in [0, 0.1) is 0 Å². The summed E-state index contributed by atoms with van der Waals surface area (Å²) < 4.78 is 7.13. The molecule has 11 rings (SSSR count). The zero-order valence-corrected chi connectivity index (χ0v) is 33.6. The largest absolute Gasteiger partial charge is 0.540 e. The summed E-state index contributed by atoms with van der Waals surface area (Å²) in [5.74, 6) is 1.03. The van der Waals surface area contributed by atoms with E-state index < -0.39 is 15.5 Å². The van der Waals surface area contributed by atoms with Crippen LogP contribution in [-0.2, 0) is 0 Å². The van der Waals surface area contributed by atoms with E-state index in [0.29, 0.717) is 0 Å². The Labute approximate surface area is 325 Å². The highest BCUT2D eigenvalue weighted by Gasteiger charge is 2.42. The van der Waals surface area contributed by atoms with Crippen molar-refractivity contribution in [2.45, 2.75) is 24.5 Å². The van der Waals surface area contributed by atoms with Gasteiger partial charge in [-0.2, -0.15) is 0 Å². The Morgan fingerprint density at radius 3 is 1.69 bits per heavy atom. The van der Waals surface area contributed by atoms with Crippen LogP contribution in [-0.4, -0.2) is 25.5 Å². The second-order valence-corrected chi connectivity index (χ2v) is 26.0. The van der Waals surface area contributed by atoms with Crippen molar-refractivity contribution in [1.82, 2.24) is 9.97 Å². The Morgan fingerprint density at radius 1 is 0.436 bits per heavy atom. The Kier molecular flexibility index (Phi) is 7.18. The van der Waals surface area contributed by atoms with Crippen molar-refractivity contribution < 1.29 is 4.43 Å². The van der Waals surface area contributed by atoms with Crippen molar-refractivity contribution in [2.24, 2.45) is 0 Å². The molecule has 3 nitrogen and oxygen atoms in total. The smallest absolute Gasteiger partial charge is 0.277 e. The van der Waals surface area contributed by atoms with Gasteiger partial charge >= 0.3 is 0 Å². The number of benzene rings is 6. The van der Waals surface area contributed by atoms with Gasteiger partial charge in [-0.15, -0.1) is 11.2 Å². The Balaban J connectivity index is 1.35. The molecule has 1 atom stereocenters. The summed E-state index contributed by atoms with van der Waals surface area (Å²) in [6.07, 6.45) is 8.11. The fourth-order valence-electron chi connectivity index (χ4n) is 9.28. The molecule has 0 spiro atoms. The molecule has 1 unspecified atom stereocenters. The lowest BCUT2D eigenvalue weighted by Crippen LogP contribution is -2.58. The zero-order chi connectivity index (χ0) is 36.9. The van der Waals surface area contributed by atoms with Crippen LogP contribution in [0.5, 0.6) is 5.75 Å². The number of fused-ring (bicyclic) bond motifs is 12. The number of hydrogen-bond donors (Lipinski definition) is 0. The molecule has 8 aromatic rings. The van der Waals surface area contributed by atoms with Gasteiger partial charge in [-0.1, -0.05) is 128 Å². The summed E-state index contributed by atoms with van der Waals surface area (Å²) in [4.78, 5) is 11.0. The molecule has 262 valence electrons. The lowest BCUT2D eigenvalue weighted by atomic mass is 9.85. The van der Waals surface area contributed by atoms with E-state index in [-0.39, 0.29) is 0 Å². The normalized spacial score (nSPS) is 16.6. The van der Waals surface area contributed by atoms with Gasteiger partial charge < -0.3 is 4.43 Å². The highest BCUT2D eigenvalue weighted by Crippen LogP contribution is 2.47. The minimum absolute atomic E-state index is 1.03. The second-order valence-electron chi connectivity index (χ2n) is 15.4. The quantitative estimate of drug-likeness (QED) is 0.156. The predicted octanol–water partition coefficient (Wildman–Crippen LogP) is 11.3. The van der Waals surface area contributed by atoms with E-state index in [4.69, 9.17) is 14.4 Å². The monoisotopic (exact) mass is 756 g/mol. The number of aromatic nitrogens is 2. The van der Waals surface area contributed by atoms with Crippen LogP contribution in [0.3, 0.4) is 0 Å². The molecule has 0 radical (unpaired) electrons. The fourth-order valence-corrected chi connectivity index (χ4v) is 19.2. The van der Waals surface area contributed by atoms with Crippen LogP contribution in [0.2, 0.25) is 19.6 Å². The molecule has 0 fully saturated rings. The highest BCUT2D eigenvalue weighted by atomic mass is 32.4. The average Bonchev–Trinajstić information content (AvgIpc) is 3.22. The van der Waals surface area contributed by atoms with Gasteiger partial charge in [-0.05, 0) is 101 Å². The molecule has 6 heteroatoms. The van der Waals surface area contributed by atoms with E-state index in [2.05, 4.69) is 189 Å². The highest BCUT2D eigenvalue weighted by molar-refractivity contribution is 8.31. The first kappa shape index (κ1) is 32.6. The molecule has 0 saturated heterocycles. The molecule has 3 aliphatic rings. The van der Waals surface area contributed by atoms with Gasteiger partial charge in [0.05, 0.1) is 0 Å². The van der Waals surface area contributed by atoms with Crippen LogP contribution < -0.4 is 20.0 Å². The van der Waals surface area contributed by atoms with Crippen molar-refractivity contribution >= 4 is 107 Å². The maximum absolute atomic E-state index is 7.13. The van der Waals surface area contributed by atoms with E-state index in [1.54, 1.807) is 0 Å². The summed E-state index contributed by atoms with van der Waals surface area (Å²) in [5.41, 5.74) is 2.44. The molecule has 0 amide bonds. The van der Waals surface area contributed by atoms with Crippen LogP contribution in [0.15, 0.2) is 169 Å². The van der Waals surface area contributed by atoms with Crippen molar-refractivity contribution in [2.75, 3.05) is 0 Å². The average molecular weight is 757 g/mol. The molecule has 3 heterocycles. The first-order chi connectivity index (χ1) is 26.9. The predicted molar refractivity (Wildman–Crippen MR) is 240 cm³/mol. The number of pyridine rings is 2. The third kappa shape index (κ3) is 4.81. The van der Waals surface area contributed by atoms with Gasteiger partial charge in [0.15, 0.2) is 7.22 Å². The van der Waals surface area contributed by atoms with Crippen LogP contribution >= 0.6 is 11.2 Å². The van der Waals surface area contributed by atoms with Gasteiger partial charge in [0.25, 0.3) is 8.32 Å². The lowest BCUT2D eigenvalue weighted by molar-refractivity contribution is 0.567. The molecule has 0 bridgehead atoms. The van der Waals surface area contributed by atoms with Gasteiger partial charge in [0.1, 0.15) is 5.75 Å². The maximum Gasteiger partial charge on any atom is 0.277 e. The minimum Gasteiger partial charge on any atom is -0.540 e. The molecule has 2 aromatic heterocycles. The SMILES string of the molecule is C[Si]1(C)Oc2ccccc2[Si](C)(c2ccc3c(c2)c2cccc4c2-c2c(cncc2c2ccccc23)c2ccccc2c2ccncc42)Sc2ccccc21. The van der Waals surface area contributed by atoms with Crippen LogP contribution in [0.4, 0.5) is 0 Å². The Hall–Kier alpha value is -5.80. The van der Waals surface area contributed by atoms with Crippen LogP contribution in [0.25, 0.3) is 75.8 Å². The van der Waals surface area contributed by atoms with Crippen molar-refractivity contribution in [3.05, 3.63) is 164 Å². The van der Waals surface area contributed by atoms with E-state index in [9.17, 15) is 0 Å². The first-order valence-electron chi connectivity index (χ1n) is 18.9. The van der Waals surface area contributed by atoms with Crippen molar-refractivity contribution in [3.8, 4) is 16.9 Å². The van der Waals surface area contributed by atoms with Gasteiger partial charge in [-0.3, -0.25) is 9.97 Å². The molecule has 1 aliphatic heterocycles. The van der Waals surface area contributed by atoms with Gasteiger partial charge in [0, 0.05) is 51.4 Å². The summed E-state index contributed by atoms with van der Waals surface area (Å²) in [6.45, 7) is 7.17. The number of hydrogen-bond acceptors (Lipinski definition) is 4. The topological polar surface area (TPSA) is 35.0 Å². The summed E-state index contributed by atoms with van der Waals surface area (Å²) >= 11 is 2.09. The Morgan fingerprint density at radius 2 is 0.964 bits per heavy atom. The molecular weight excluding hydrogens is 721 g/mol. The number of para-hydroxylation sites is 1. The molecule has 6 aromatic carbocycles. The van der Waals surface area contributed by atoms with Gasteiger partial charge in [-0.25, -0.2) is 0 Å². The van der Waals surface area contributed by atoms with Crippen LogP contribution in [0.1, 0.15) is 0 Å². The molecule has 55 heavy (non-hydrogen) atoms. The third-order valence-corrected chi connectivity index (χ3v) is 21.6. The molecular formula is C49H36N2OSSi2. The fraction of sp³-hybridized carbons (Fsp3) is 0.0612. The second kappa shape index (κ2) is 12.1. The van der Waals surface area contributed by atoms with Crippen molar-refractivity contribution in [1.29, 1.82) is 0 Å². The van der Waals surface area contributed by atoms with E-state index in [1.807, 2.05) is 6.20 Å². The maximum atomic E-state index is 7.13. The number of nitrogens with zero attached hydrogens (tertiary/aromatic N) is 2. The van der Waals surface area contributed by atoms with Crippen molar-refractivity contribution in [3.63, 3.8) is 0 Å². The third-order valence-electron chi connectivity index (χ3n) is 11.9. The molecule has 2 aliphatic carbocycles. The molecule has 0 saturated carbocycles. The van der Waals surface area contributed by atoms with E-state index in [0.717, 1.165) is 21.9 Å². The van der Waals surface area contributed by atoms with E-state index in [1.165, 1.54) is 80.1 Å². The lowest BCUT2D eigenvalue weighted by Gasteiger charge is -2.37. The molecule has 0 N–H and O–H groups in total. The Bertz CT molecular complexity index is 3230. The van der Waals surface area contributed by atoms with Gasteiger partial charge in [0.2, 0.25) is 0 Å². The van der Waals surface area contributed by atoms with E-state index >= 15 is 0 Å². The zero-order valence-electron chi connectivity index (χ0n) is 30.8. The summed E-state index contributed by atoms with van der Waals surface area (Å²) in [7, 11) is -4.78. The minimum atomic E-state index is -2.54. The first-order valence-corrected chi connectivity index (χ1v) is 25.8. The summed E-state index contributed by atoms with van der Waals surface area (Å²) in [5, 5.41) is 18.3. The number of rotatable bonds is 1. The summed E-state index contributed by atoms with van der Waals surface area (Å²) in [6, 6.07) is 51.8. The standard InChI is InChI=1S/C49H36N2OSSi2/c1-54(2)47-22-11-9-20-45(47)53-55(3,46-21-10-8-19-44(46)52-54)31-23-24-36-32-13-4-6-15-34(32)42-29-51-30-43-35-16-7-5-14-33(35)37-25-26-50-28-41(37)39-18-12-17-38(40(36)27-31)48(39)49(42)43/h4-30H,1-3H3.